The van der Waals surface area contributed by atoms with Gasteiger partial charge in [0.1, 0.15) is 0 Å². The second kappa shape index (κ2) is 13.0. The summed E-state index contributed by atoms with van der Waals surface area (Å²) in [4.78, 5) is 0.230. The van der Waals surface area contributed by atoms with Crippen LogP contribution in [0.5, 0.6) is 0 Å². The first-order valence-corrected chi connectivity index (χ1v) is 14.9. The number of rotatable bonds is 11. The summed E-state index contributed by atoms with van der Waals surface area (Å²) in [5, 5.41) is 18.6. The highest BCUT2D eigenvalue weighted by Gasteiger charge is 2.38. The number of hydrogen-bond acceptors (Lipinski definition) is 7. The smallest absolute Gasteiger partial charge is 0.240 e. The lowest BCUT2D eigenvalue weighted by Gasteiger charge is -2.41. The summed E-state index contributed by atoms with van der Waals surface area (Å²) >= 11 is 1.64. The molecule has 4 rings (SSSR count). The SMILES string of the molecule is C[C@H]1[C@@H](CSCCO)O[C@@H](c2ccc(CNS(=O)(=O)c3ccccc3)cc2)O[C@H]1c1ccc(CO)cc1. The van der Waals surface area contributed by atoms with E-state index in [0.29, 0.717) is 5.75 Å². The molecule has 1 fully saturated rings. The summed E-state index contributed by atoms with van der Waals surface area (Å²) in [6, 6.07) is 23.6. The van der Waals surface area contributed by atoms with Gasteiger partial charge in [-0.15, -0.1) is 0 Å². The van der Waals surface area contributed by atoms with Crippen molar-refractivity contribution in [1.82, 2.24) is 4.72 Å². The average molecular weight is 544 g/mol. The van der Waals surface area contributed by atoms with Crippen molar-refractivity contribution in [2.24, 2.45) is 5.92 Å². The quantitative estimate of drug-likeness (QED) is 0.312. The Balaban J connectivity index is 1.48. The molecule has 0 bridgehead atoms. The van der Waals surface area contributed by atoms with E-state index in [1.165, 1.54) is 0 Å². The summed E-state index contributed by atoms with van der Waals surface area (Å²) in [5.41, 5.74) is 3.52. The molecule has 3 N–H and O–H groups in total. The number of benzene rings is 3. The van der Waals surface area contributed by atoms with Crippen molar-refractivity contribution in [2.75, 3.05) is 18.1 Å². The molecule has 0 amide bonds. The molecule has 1 saturated heterocycles. The largest absolute Gasteiger partial charge is 0.396 e. The van der Waals surface area contributed by atoms with E-state index in [0.717, 1.165) is 28.0 Å². The summed E-state index contributed by atoms with van der Waals surface area (Å²) in [7, 11) is -3.59. The van der Waals surface area contributed by atoms with Gasteiger partial charge in [0.05, 0.1) is 30.3 Å². The van der Waals surface area contributed by atoms with E-state index in [9.17, 15) is 18.6 Å². The van der Waals surface area contributed by atoms with Crippen molar-refractivity contribution in [3.05, 3.63) is 101 Å². The van der Waals surface area contributed by atoms with E-state index < -0.39 is 16.3 Å². The van der Waals surface area contributed by atoms with Gasteiger partial charge in [-0.25, -0.2) is 13.1 Å². The van der Waals surface area contributed by atoms with E-state index in [-0.39, 0.29) is 42.8 Å². The van der Waals surface area contributed by atoms with Gasteiger partial charge in [-0.2, -0.15) is 11.8 Å². The summed E-state index contributed by atoms with van der Waals surface area (Å²) in [6.07, 6.45) is -0.882. The Hall–Kier alpha value is -2.24. The van der Waals surface area contributed by atoms with Crippen molar-refractivity contribution in [2.45, 2.75) is 43.5 Å². The molecular formula is C28H33NO6S2. The molecule has 3 aromatic rings. The highest BCUT2D eigenvalue weighted by atomic mass is 32.2. The fourth-order valence-electron chi connectivity index (χ4n) is 4.23. The molecule has 0 saturated carbocycles. The van der Waals surface area contributed by atoms with Crippen molar-refractivity contribution < 1.29 is 28.1 Å². The minimum atomic E-state index is -3.59. The normalized spacial score (nSPS) is 22.1. The Labute approximate surface area is 222 Å². The van der Waals surface area contributed by atoms with Gasteiger partial charge >= 0.3 is 0 Å². The summed E-state index contributed by atoms with van der Waals surface area (Å²) in [5.74, 6) is 1.45. The fourth-order valence-corrected chi connectivity index (χ4v) is 6.18. The van der Waals surface area contributed by atoms with Crippen LogP contribution in [0.15, 0.2) is 83.8 Å². The van der Waals surface area contributed by atoms with Crippen molar-refractivity contribution in [1.29, 1.82) is 0 Å². The van der Waals surface area contributed by atoms with Gasteiger partial charge in [0, 0.05) is 29.5 Å². The maximum absolute atomic E-state index is 12.5. The predicted octanol–water partition coefficient (Wildman–Crippen LogP) is 4.17. The Morgan fingerprint density at radius 3 is 2.16 bits per heavy atom. The molecule has 0 aromatic heterocycles. The number of thioether (sulfide) groups is 1. The Bertz CT molecular complexity index is 1220. The lowest BCUT2D eigenvalue weighted by Crippen LogP contribution is -2.38. The standard InChI is InChI=1S/C28H33NO6S2/c1-20-26(19-36-16-15-30)34-28(35-27(20)23-11-9-22(18-31)10-12-23)24-13-7-21(8-14-24)17-29-37(32,33)25-5-3-2-4-6-25/h2-14,20,26-31H,15-19H2,1H3/t20-,26+,27+,28+/m0/s1. The molecule has 3 aromatic carbocycles. The van der Waals surface area contributed by atoms with Crippen LogP contribution in [-0.2, 0) is 32.6 Å². The van der Waals surface area contributed by atoms with Crippen LogP contribution in [0.1, 0.15) is 41.6 Å². The zero-order chi connectivity index (χ0) is 26.3. The Kier molecular flexibility index (Phi) is 9.77. The number of aliphatic hydroxyl groups excluding tert-OH is 2. The van der Waals surface area contributed by atoms with E-state index in [2.05, 4.69) is 11.6 Å². The molecule has 0 unspecified atom stereocenters. The molecule has 0 aliphatic carbocycles. The van der Waals surface area contributed by atoms with Crippen molar-refractivity contribution in [3.63, 3.8) is 0 Å². The van der Waals surface area contributed by atoms with Crippen LogP contribution in [-0.4, -0.2) is 42.8 Å². The highest BCUT2D eigenvalue weighted by molar-refractivity contribution is 7.99. The second-order valence-electron chi connectivity index (χ2n) is 9.00. The monoisotopic (exact) mass is 543 g/mol. The van der Waals surface area contributed by atoms with Crippen LogP contribution in [0.2, 0.25) is 0 Å². The van der Waals surface area contributed by atoms with Crippen LogP contribution in [0.25, 0.3) is 0 Å². The first-order chi connectivity index (χ1) is 17.9. The van der Waals surface area contributed by atoms with Crippen LogP contribution in [0, 0.1) is 5.92 Å². The van der Waals surface area contributed by atoms with Gasteiger partial charge in [-0.05, 0) is 28.8 Å². The Morgan fingerprint density at radius 1 is 0.865 bits per heavy atom. The van der Waals surface area contributed by atoms with Crippen LogP contribution >= 0.6 is 11.8 Å². The van der Waals surface area contributed by atoms with Crippen LogP contribution < -0.4 is 4.72 Å². The van der Waals surface area contributed by atoms with Gasteiger partial charge < -0.3 is 19.7 Å². The van der Waals surface area contributed by atoms with E-state index in [1.54, 1.807) is 42.1 Å². The molecular weight excluding hydrogens is 510 g/mol. The molecule has 198 valence electrons. The number of ether oxygens (including phenoxy) is 2. The second-order valence-corrected chi connectivity index (χ2v) is 11.9. The third-order valence-electron chi connectivity index (χ3n) is 6.41. The molecule has 37 heavy (non-hydrogen) atoms. The summed E-state index contributed by atoms with van der Waals surface area (Å²) in [6.45, 7) is 2.38. The first-order valence-electron chi connectivity index (χ1n) is 12.2. The van der Waals surface area contributed by atoms with E-state index >= 15 is 0 Å². The molecule has 0 radical (unpaired) electrons. The predicted molar refractivity (Wildman–Crippen MR) is 144 cm³/mol. The van der Waals surface area contributed by atoms with Gasteiger partial charge in [0.25, 0.3) is 0 Å². The molecule has 9 heteroatoms. The number of nitrogens with one attached hydrogen (secondary N) is 1. The summed E-state index contributed by atoms with van der Waals surface area (Å²) < 4.78 is 40.5. The fraction of sp³-hybridized carbons (Fsp3) is 0.357. The number of hydrogen-bond donors (Lipinski definition) is 3. The minimum Gasteiger partial charge on any atom is -0.396 e. The maximum Gasteiger partial charge on any atom is 0.240 e. The van der Waals surface area contributed by atoms with Crippen LogP contribution in [0.4, 0.5) is 0 Å². The lowest BCUT2D eigenvalue weighted by atomic mass is 9.91. The molecule has 4 atom stereocenters. The van der Waals surface area contributed by atoms with Gasteiger partial charge in [0.2, 0.25) is 10.0 Å². The van der Waals surface area contributed by atoms with Gasteiger partial charge in [-0.3, -0.25) is 0 Å². The molecule has 7 nitrogen and oxygen atoms in total. The molecule has 1 heterocycles. The number of sulfonamides is 1. The van der Waals surface area contributed by atoms with E-state index in [4.69, 9.17) is 9.47 Å². The average Bonchev–Trinajstić information content (AvgIpc) is 2.94. The zero-order valence-electron chi connectivity index (χ0n) is 20.7. The lowest BCUT2D eigenvalue weighted by molar-refractivity contribution is -0.268. The maximum atomic E-state index is 12.5. The minimum absolute atomic E-state index is 0.0125. The molecule has 1 aliphatic heterocycles. The Morgan fingerprint density at radius 2 is 1.51 bits per heavy atom. The number of aliphatic hydroxyl groups is 2. The van der Waals surface area contributed by atoms with Crippen molar-refractivity contribution >= 4 is 21.8 Å². The third-order valence-corrected chi connectivity index (χ3v) is 8.87. The zero-order valence-corrected chi connectivity index (χ0v) is 22.3. The van der Waals surface area contributed by atoms with Crippen molar-refractivity contribution in [3.8, 4) is 0 Å². The highest BCUT2D eigenvalue weighted by Crippen LogP contribution is 2.42. The first kappa shape index (κ1) is 27.8. The van der Waals surface area contributed by atoms with Gasteiger partial charge in [0.15, 0.2) is 6.29 Å². The van der Waals surface area contributed by atoms with Crippen LogP contribution in [0.3, 0.4) is 0 Å². The van der Waals surface area contributed by atoms with E-state index in [1.807, 2.05) is 48.5 Å². The third kappa shape index (κ3) is 7.20. The molecule has 0 spiro atoms. The molecule has 1 aliphatic rings. The van der Waals surface area contributed by atoms with Gasteiger partial charge in [-0.1, -0.05) is 73.7 Å². The topological polar surface area (TPSA) is 105 Å².